The van der Waals surface area contributed by atoms with Crippen LogP contribution in [0.5, 0.6) is 0 Å². The molecular weight excluding hydrogens is 270 g/mol. The van der Waals surface area contributed by atoms with Gasteiger partial charge in [-0.25, -0.2) is 0 Å². The van der Waals surface area contributed by atoms with E-state index in [4.69, 9.17) is 0 Å². The van der Waals surface area contributed by atoms with Crippen LogP contribution in [-0.2, 0) is 11.2 Å². The molecule has 3 N–H and O–H groups in total. The minimum absolute atomic E-state index is 0.102. The number of nitrogens with one attached hydrogen (secondary N) is 3. The first-order valence-electron chi connectivity index (χ1n) is 6.63. The minimum Gasteiger partial charge on any atom is -0.355 e. The van der Waals surface area contributed by atoms with Gasteiger partial charge in [-0.15, -0.1) is 10.2 Å². The van der Waals surface area contributed by atoms with Crippen molar-refractivity contribution >= 4 is 11.9 Å². The van der Waals surface area contributed by atoms with Crippen LogP contribution in [0.4, 0.5) is 5.95 Å². The van der Waals surface area contributed by atoms with Gasteiger partial charge in [-0.2, -0.15) is 0 Å². The molecule has 7 nitrogen and oxygen atoms in total. The van der Waals surface area contributed by atoms with Crippen LogP contribution < -0.4 is 16.2 Å². The van der Waals surface area contributed by atoms with Crippen LogP contribution in [0.25, 0.3) is 0 Å². The first-order chi connectivity index (χ1) is 10.1. The van der Waals surface area contributed by atoms with Crippen molar-refractivity contribution < 1.29 is 4.79 Å². The number of aromatic amines is 1. The van der Waals surface area contributed by atoms with Crippen molar-refractivity contribution in [2.75, 3.05) is 18.4 Å². The van der Waals surface area contributed by atoms with E-state index < -0.39 is 0 Å². The Bertz CT molecular complexity index is 654. The van der Waals surface area contributed by atoms with E-state index in [1.165, 1.54) is 6.92 Å². The number of rotatable bonds is 6. The maximum absolute atomic E-state index is 11.9. The summed E-state index contributed by atoms with van der Waals surface area (Å²) in [7, 11) is 0. The van der Waals surface area contributed by atoms with Crippen molar-refractivity contribution in [2.45, 2.75) is 13.3 Å². The lowest BCUT2D eigenvalue weighted by Crippen LogP contribution is -2.28. The minimum atomic E-state index is -0.268. The summed E-state index contributed by atoms with van der Waals surface area (Å²) in [5, 5.41) is 13.4. The third kappa shape index (κ3) is 4.72. The molecule has 0 atom stereocenters. The number of aromatic nitrogens is 3. The predicted octanol–water partition coefficient (Wildman–Crippen LogP) is 0.304. The zero-order valence-electron chi connectivity index (χ0n) is 11.7. The molecule has 0 aliphatic rings. The molecule has 0 fully saturated rings. The fraction of sp³-hybridized carbons (Fsp3) is 0.286. The van der Waals surface area contributed by atoms with Crippen molar-refractivity contribution in [3.05, 3.63) is 51.9 Å². The van der Waals surface area contributed by atoms with Crippen molar-refractivity contribution in [3.63, 3.8) is 0 Å². The van der Waals surface area contributed by atoms with Crippen LogP contribution >= 0.6 is 0 Å². The summed E-state index contributed by atoms with van der Waals surface area (Å²) in [6.07, 6.45) is 0.440. The highest BCUT2D eigenvalue weighted by molar-refractivity contribution is 5.72. The van der Waals surface area contributed by atoms with Crippen LogP contribution in [0, 0.1) is 0 Å². The second-order valence-corrected chi connectivity index (χ2v) is 4.52. The fourth-order valence-corrected chi connectivity index (χ4v) is 1.76. The zero-order valence-corrected chi connectivity index (χ0v) is 11.7. The highest BCUT2D eigenvalue weighted by Crippen LogP contribution is 2.03. The van der Waals surface area contributed by atoms with E-state index in [1.807, 2.05) is 30.3 Å². The van der Waals surface area contributed by atoms with Gasteiger partial charge in [0.1, 0.15) is 5.69 Å². The molecule has 0 unspecified atom stereocenters. The van der Waals surface area contributed by atoms with Gasteiger partial charge < -0.3 is 10.6 Å². The normalized spacial score (nSPS) is 10.1. The molecule has 2 aromatic rings. The standard InChI is InChI=1S/C14H17N5O2/c1-10(20)15-7-8-16-14-17-13(21)12(18-19-14)9-11-5-3-2-4-6-11/h2-6H,7-9H2,1H3,(H,15,20)(H2,16,17,19,21). The Kier molecular flexibility index (Phi) is 5.03. The molecule has 21 heavy (non-hydrogen) atoms. The molecule has 0 aliphatic carbocycles. The molecule has 1 aromatic heterocycles. The topological polar surface area (TPSA) is 99.8 Å². The summed E-state index contributed by atoms with van der Waals surface area (Å²) in [5.74, 6) is 0.191. The van der Waals surface area contributed by atoms with Gasteiger partial charge in [0.05, 0.1) is 0 Å². The molecule has 0 radical (unpaired) electrons. The molecule has 0 aliphatic heterocycles. The van der Waals surface area contributed by atoms with Gasteiger partial charge in [-0.05, 0) is 5.56 Å². The number of nitrogens with zero attached hydrogens (tertiary/aromatic N) is 2. The Morgan fingerprint density at radius 1 is 1.19 bits per heavy atom. The molecule has 1 heterocycles. The van der Waals surface area contributed by atoms with Crippen molar-refractivity contribution in [1.82, 2.24) is 20.5 Å². The fourth-order valence-electron chi connectivity index (χ4n) is 1.76. The molecule has 0 bridgehead atoms. The first-order valence-corrected chi connectivity index (χ1v) is 6.63. The quantitative estimate of drug-likeness (QED) is 0.664. The van der Waals surface area contributed by atoms with Gasteiger partial charge in [0.15, 0.2) is 0 Å². The summed E-state index contributed by atoms with van der Waals surface area (Å²) in [4.78, 5) is 25.3. The lowest BCUT2D eigenvalue weighted by molar-refractivity contribution is -0.118. The van der Waals surface area contributed by atoms with Crippen LogP contribution in [0.1, 0.15) is 18.2 Å². The number of carbonyl (C=O) groups excluding carboxylic acids is 1. The molecule has 0 saturated carbocycles. The second kappa shape index (κ2) is 7.18. The Morgan fingerprint density at radius 3 is 2.62 bits per heavy atom. The monoisotopic (exact) mass is 287 g/mol. The average Bonchev–Trinajstić information content (AvgIpc) is 2.47. The number of benzene rings is 1. The van der Waals surface area contributed by atoms with E-state index in [1.54, 1.807) is 0 Å². The lowest BCUT2D eigenvalue weighted by atomic mass is 10.1. The molecule has 0 spiro atoms. The summed E-state index contributed by atoms with van der Waals surface area (Å²) >= 11 is 0. The molecule has 7 heteroatoms. The first kappa shape index (κ1) is 14.7. The zero-order chi connectivity index (χ0) is 15.1. The summed E-state index contributed by atoms with van der Waals surface area (Å²) < 4.78 is 0. The lowest BCUT2D eigenvalue weighted by Gasteiger charge is -2.05. The van der Waals surface area contributed by atoms with E-state index in [9.17, 15) is 9.59 Å². The molecular formula is C14H17N5O2. The SMILES string of the molecule is CC(=O)NCCNc1nnc(Cc2ccccc2)c(=O)[nH]1. The summed E-state index contributed by atoms with van der Waals surface area (Å²) in [6.45, 7) is 2.35. The number of hydrogen-bond donors (Lipinski definition) is 3. The maximum Gasteiger partial charge on any atom is 0.274 e. The largest absolute Gasteiger partial charge is 0.355 e. The van der Waals surface area contributed by atoms with Crippen LogP contribution in [0.2, 0.25) is 0 Å². The highest BCUT2D eigenvalue weighted by atomic mass is 16.1. The predicted molar refractivity (Wildman–Crippen MR) is 79.1 cm³/mol. The molecule has 1 amide bonds. The number of H-pyrrole nitrogens is 1. The van der Waals surface area contributed by atoms with Crippen LogP contribution in [-0.4, -0.2) is 34.2 Å². The van der Waals surface area contributed by atoms with Crippen molar-refractivity contribution in [2.24, 2.45) is 0 Å². The smallest absolute Gasteiger partial charge is 0.274 e. The van der Waals surface area contributed by atoms with E-state index in [0.29, 0.717) is 31.2 Å². The van der Waals surface area contributed by atoms with Crippen LogP contribution in [0.15, 0.2) is 35.1 Å². The van der Waals surface area contributed by atoms with E-state index in [0.717, 1.165) is 5.56 Å². The number of amides is 1. The van der Waals surface area contributed by atoms with E-state index >= 15 is 0 Å². The van der Waals surface area contributed by atoms with Gasteiger partial charge in [-0.3, -0.25) is 14.6 Å². The Hall–Kier alpha value is -2.70. The molecule has 110 valence electrons. The van der Waals surface area contributed by atoms with Gasteiger partial charge in [0.2, 0.25) is 11.9 Å². The summed E-state index contributed by atoms with van der Waals surface area (Å²) in [5.41, 5.74) is 1.10. The molecule has 2 rings (SSSR count). The highest BCUT2D eigenvalue weighted by Gasteiger charge is 2.05. The average molecular weight is 287 g/mol. The third-order valence-electron chi connectivity index (χ3n) is 2.77. The van der Waals surface area contributed by atoms with E-state index in [2.05, 4.69) is 25.8 Å². The van der Waals surface area contributed by atoms with Crippen molar-refractivity contribution in [1.29, 1.82) is 0 Å². The molecule has 0 saturated heterocycles. The Labute approximate surface area is 121 Å². The van der Waals surface area contributed by atoms with Gasteiger partial charge in [0, 0.05) is 26.4 Å². The maximum atomic E-state index is 11.9. The summed E-state index contributed by atoms with van der Waals surface area (Å²) in [6, 6.07) is 9.60. The van der Waals surface area contributed by atoms with Crippen molar-refractivity contribution in [3.8, 4) is 0 Å². The van der Waals surface area contributed by atoms with E-state index in [-0.39, 0.29) is 11.5 Å². The van der Waals surface area contributed by atoms with Gasteiger partial charge in [0.25, 0.3) is 5.56 Å². The van der Waals surface area contributed by atoms with Gasteiger partial charge >= 0.3 is 0 Å². The molecule has 1 aromatic carbocycles. The van der Waals surface area contributed by atoms with Crippen LogP contribution in [0.3, 0.4) is 0 Å². The van der Waals surface area contributed by atoms with Gasteiger partial charge in [-0.1, -0.05) is 30.3 Å². The third-order valence-corrected chi connectivity index (χ3v) is 2.77. The number of carbonyl (C=O) groups is 1. The number of hydrogen-bond acceptors (Lipinski definition) is 5. The second-order valence-electron chi connectivity index (χ2n) is 4.52. The Balaban J connectivity index is 1.94. The Morgan fingerprint density at radius 2 is 1.95 bits per heavy atom. The number of anilines is 1.